The van der Waals surface area contributed by atoms with Crippen LogP contribution in [-0.2, 0) is 9.59 Å². The zero-order valence-corrected chi connectivity index (χ0v) is 9.89. The van der Waals surface area contributed by atoms with Gasteiger partial charge in [0.25, 0.3) is 11.8 Å². The quantitative estimate of drug-likeness (QED) is 0.520. The van der Waals surface area contributed by atoms with Gasteiger partial charge in [-0.1, -0.05) is 0 Å². The van der Waals surface area contributed by atoms with Gasteiger partial charge in [0.15, 0.2) is 0 Å². The van der Waals surface area contributed by atoms with Crippen LogP contribution >= 0.6 is 0 Å². The van der Waals surface area contributed by atoms with Crippen molar-refractivity contribution >= 4 is 23.9 Å². The molecule has 0 bridgehead atoms. The second-order valence-corrected chi connectivity index (χ2v) is 3.72. The van der Waals surface area contributed by atoms with Crippen LogP contribution in [0.15, 0.2) is 23.8 Å². The highest BCUT2D eigenvalue weighted by Crippen LogP contribution is 2.25. The number of urea groups is 1. The van der Waals surface area contributed by atoms with Gasteiger partial charge in [0.2, 0.25) is 0 Å². The lowest BCUT2D eigenvalue weighted by molar-refractivity contribution is -0.123. The topological polar surface area (TPSA) is 105 Å². The molecule has 0 radical (unpaired) electrons. The zero-order chi connectivity index (χ0) is 14.0. The smallest absolute Gasteiger partial charge is 0.328 e. The molecule has 0 aromatic heterocycles. The number of nitrogens with one attached hydrogen (secondary N) is 2. The Labute approximate surface area is 107 Å². The molecule has 1 aliphatic heterocycles. The predicted octanol–water partition coefficient (Wildman–Crippen LogP) is 0.150. The van der Waals surface area contributed by atoms with E-state index in [4.69, 9.17) is 4.74 Å². The summed E-state index contributed by atoms with van der Waals surface area (Å²) in [5.74, 6) is -1.34. The van der Waals surface area contributed by atoms with Crippen LogP contribution in [0.2, 0.25) is 0 Å². The minimum Gasteiger partial charge on any atom is -0.507 e. The molecule has 0 unspecified atom stereocenters. The first kappa shape index (κ1) is 12.6. The number of rotatable bonds is 2. The minimum absolute atomic E-state index is 0.149. The van der Waals surface area contributed by atoms with E-state index in [-0.39, 0.29) is 16.9 Å². The third-order valence-corrected chi connectivity index (χ3v) is 2.48. The van der Waals surface area contributed by atoms with Gasteiger partial charge in [0.05, 0.1) is 7.11 Å². The maximum absolute atomic E-state index is 11.5. The molecule has 0 saturated carbocycles. The van der Waals surface area contributed by atoms with E-state index in [1.54, 1.807) is 6.07 Å². The summed E-state index contributed by atoms with van der Waals surface area (Å²) >= 11 is 0. The summed E-state index contributed by atoms with van der Waals surface area (Å²) < 4.78 is 4.91. The monoisotopic (exact) mass is 262 g/mol. The van der Waals surface area contributed by atoms with Crippen LogP contribution in [0, 0.1) is 0 Å². The van der Waals surface area contributed by atoms with Crippen molar-refractivity contribution in [2.24, 2.45) is 0 Å². The van der Waals surface area contributed by atoms with E-state index in [1.807, 2.05) is 10.6 Å². The second-order valence-electron chi connectivity index (χ2n) is 3.72. The van der Waals surface area contributed by atoms with Crippen LogP contribution in [-0.4, -0.2) is 30.1 Å². The summed E-state index contributed by atoms with van der Waals surface area (Å²) in [6.45, 7) is 0. The molecule has 0 spiro atoms. The van der Waals surface area contributed by atoms with Crippen LogP contribution < -0.4 is 15.4 Å². The second kappa shape index (κ2) is 4.81. The largest absolute Gasteiger partial charge is 0.507 e. The summed E-state index contributed by atoms with van der Waals surface area (Å²) in [6.07, 6.45) is 1.19. The lowest BCUT2D eigenvalue weighted by Crippen LogP contribution is -2.51. The Balaban J connectivity index is 2.37. The fourth-order valence-electron chi connectivity index (χ4n) is 1.53. The molecular weight excluding hydrogens is 252 g/mol. The van der Waals surface area contributed by atoms with Gasteiger partial charge in [-0.25, -0.2) is 4.79 Å². The number of imide groups is 2. The lowest BCUT2D eigenvalue weighted by Gasteiger charge is -2.14. The van der Waals surface area contributed by atoms with Gasteiger partial charge < -0.3 is 9.84 Å². The summed E-state index contributed by atoms with van der Waals surface area (Å²) in [5.41, 5.74) is -0.00415. The predicted molar refractivity (Wildman–Crippen MR) is 64.3 cm³/mol. The van der Waals surface area contributed by atoms with E-state index in [0.29, 0.717) is 5.75 Å². The Morgan fingerprint density at radius 2 is 1.79 bits per heavy atom. The summed E-state index contributed by atoms with van der Waals surface area (Å²) in [6, 6.07) is 3.52. The highest BCUT2D eigenvalue weighted by molar-refractivity contribution is 6.31. The maximum Gasteiger partial charge on any atom is 0.328 e. The third kappa shape index (κ3) is 2.54. The number of barbiturate groups is 1. The molecule has 2 rings (SSSR count). The number of methoxy groups -OCH3 is 1. The molecular formula is C12H10N2O5. The molecule has 7 nitrogen and oxygen atoms in total. The van der Waals surface area contributed by atoms with Crippen molar-refractivity contribution in [1.82, 2.24) is 10.6 Å². The molecule has 4 amide bonds. The highest BCUT2D eigenvalue weighted by Gasteiger charge is 2.27. The highest BCUT2D eigenvalue weighted by atomic mass is 16.5. The fourth-order valence-corrected chi connectivity index (χ4v) is 1.53. The molecule has 1 aromatic carbocycles. The van der Waals surface area contributed by atoms with Gasteiger partial charge in [-0.3, -0.25) is 20.2 Å². The molecule has 7 heteroatoms. The number of amides is 4. The van der Waals surface area contributed by atoms with Gasteiger partial charge in [0, 0.05) is 11.6 Å². The molecule has 1 saturated heterocycles. The van der Waals surface area contributed by atoms with Crippen molar-refractivity contribution in [3.05, 3.63) is 29.3 Å². The molecule has 98 valence electrons. The Morgan fingerprint density at radius 1 is 1.16 bits per heavy atom. The average Bonchev–Trinajstić information content (AvgIpc) is 2.35. The molecule has 1 heterocycles. The van der Waals surface area contributed by atoms with E-state index < -0.39 is 17.8 Å². The molecule has 19 heavy (non-hydrogen) atoms. The fraction of sp³-hybridized carbons (Fsp3) is 0.0833. The minimum atomic E-state index is -0.869. The Hall–Kier alpha value is -2.83. The normalized spacial score (nSPS) is 14.8. The number of benzene rings is 1. The SMILES string of the molecule is COc1ccc(C=C2C(=O)NC(=O)NC2=O)c(O)c1. The van der Waals surface area contributed by atoms with Gasteiger partial charge in [-0.05, 0) is 18.2 Å². The van der Waals surface area contributed by atoms with Crippen molar-refractivity contribution in [3.8, 4) is 11.5 Å². The van der Waals surface area contributed by atoms with Crippen molar-refractivity contribution in [3.63, 3.8) is 0 Å². The van der Waals surface area contributed by atoms with Crippen LogP contribution in [0.25, 0.3) is 6.08 Å². The van der Waals surface area contributed by atoms with Crippen LogP contribution in [0.3, 0.4) is 0 Å². The van der Waals surface area contributed by atoms with Crippen LogP contribution in [0.1, 0.15) is 5.56 Å². The third-order valence-electron chi connectivity index (χ3n) is 2.48. The van der Waals surface area contributed by atoms with Crippen LogP contribution in [0.5, 0.6) is 11.5 Å². The van der Waals surface area contributed by atoms with E-state index in [0.717, 1.165) is 0 Å². The molecule has 0 aliphatic carbocycles. The molecule has 1 fully saturated rings. The molecule has 0 atom stereocenters. The van der Waals surface area contributed by atoms with E-state index in [1.165, 1.54) is 25.3 Å². The first-order chi connectivity index (χ1) is 9.01. The first-order valence-corrected chi connectivity index (χ1v) is 5.26. The molecule has 3 N–H and O–H groups in total. The van der Waals surface area contributed by atoms with E-state index >= 15 is 0 Å². The van der Waals surface area contributed by atoms with E-state index in [2.05, 4.69) is 0 Å². The summed E-state index contributed by atoms with van der Waals surface area (Å²) in [7, 11) is 1.44. The maximum atomic E-state index is 11.5. The average molecular weight is 262 g/mol. The Morgan fingerprint density at radius 3 is 2.32 bits per heavy atom. The van der Waals surface area contributed by atoms with Crippen molar-refractivity contribution in [2.75, 3.05) is 7.11 Å². The first-order valence-electron chi connectivity index (χ1n) is 5.26. The van der Waals surface area contributed by atoms with E-state index in [9.17, 15) is 19.5 Å². The number of ether oxygens (including phenoxy) is 1. The van der Waals surface area contributed by atoms with Crippen molar-refractivity contribution < 1.29 is 24.2 Å². The summed E-state index contributed by atoms with van der Waals surface area (Å²) in [4.78, 5) is 33.8. The number of hydrogen-bond donors (Lipinski definition) is 3. The zero-order valence-electron chi connectivity index (χ0n) is 9.89. The van der Waals surface area contributed by atoms with Gasteiger partial charge in [-0.15, -0.1) is 0 Å². The number of aromatic hydroxyl groups is 1. The Kier molecular flexibility index (Phi) is 3.19. The standard InChI is InChI=1S/C12H10N2O5/c1-19-7-3-2-6(9(15)5-7)4-8-10(16)13-12(18)14-11(8)17/h2-5,15H,1H3,(H2,13,14,16,17,18). The van der Waals surface area contributed by atoms with Gasteiger partial charge >= 0.3 is 6.03 Å². The Bertz CT molecular complexity index is 584. The van der Waals surface area contributed by atoms with Crippen LogP contribution in [0.4, 0.5) is 4.79 Å². The van der Waals surface area contributed by atoms with Crippen molar-refractivity contribution in [1.29, 1.82) is 0 Å². The lowest BCUT2D eigenvalue weighted by atomic mass is 10.1. The van der Waals surface area contributed by atoms with Crippen molar-refractivity contribution in [2.45, 2.75) is 0 Å². The number of carbonyl (C=O) groups excluding carboxylic acids is 3. The summed E-state index contributed by atoms with van der Waals surface area (Å²) in [5, 5.41) is 13.6. The number of hydrogen-bond acceptors (Lipinski definition) is 5. The number of phenols is 1. The molecule has 1 aromatic rings. The van der Waals surface area contributed by atoms with Gasteiger partial charge in [-0.2, -0.15) is 0 Å². The number of phenolic OH excluding ortho intramolecular Hbond substituents is 1. The molecule has 1 aliphatic rings. The van der Waals surface area contributed by atoms with Gasteiger partial charge in [0.1, 0.15) is 17.1 Å². The number of carbonyl (C=O) groups is 3.